The Morgan fingerprint density at radius 3 is 2.73 bits per heavy atom. The largest absolute Gasteiger partial charge is 0.331 e. The van der Waals surface area contributed by atoms with Crippen LogP contribution in [0.5, 0.6) is 0 Å². The summed E-state index contributed by atoms with van der Waals surface area (Å²) in [6.07, 6.45) is 4.66. The van der Waals surface area contributed by atoms with Crippen molar-refractivity contribution in [3.8, 4) is 0 Å². The molecule has 0 amide bonds. The maximum atomic E-state index is 12.0. The lowest BCUT2D eigenvalue weighted by Gasteiger charge is -2.17. The maximum Gasteiger partial charge on any atom is 0.331 e. The second-order valence-corrected chi connectivity index (χ2v) is 4.00. The molecule has 1 aromatic rings. The molecule has 0 bridgehead atoms. The van der Waals surface area contributed by atoms with Crippen LogP contribution in [-0.4, -0.2) is 9.13 Å². The monoisotopic (exact) mass is 206 g/mol. The van der Waals surface area contributed by atoms with Crippen LogP contribution in [0.4, 0.5) is 0 Å². The first-order chi connectivity index (χ1) is 7.11. The minimum Gasteiger partial charge on any atom is -0.293 e. The summed E-state index contributed by atoms with van der Waals surface area (Å²) < 4.78 is 2.95. The second-order valence-electron chi connectivity index (χ2n) is 4.00. The predicted octanol–water partition coefficient (Wildman–Crippen LogP) is 1.01. The molecule has 4 heteroatoms. The van der Waals surface area contributed by atoms with E-state index in [-0.39, 0.29) is 17.3 Å². The van der Waals surface area contributed by atoms with Crippen molar-refractivity contribution >= 4 is 6.08 Å². The highest BCUT2D eigenvalue weighted by Gasteiger charge is 2.13. The van der Waals surface area contributed by atoms with E-state index in [0.29, 0.717) is 12.2 Å². The van der Waals surface area contributed by atoms with E-state index in [0.717, 1.165) is 6.42 Å². The molecule has 0 fully saturated rings. The molecule has 0 aliphatic carbocycles. The summed E-state index contributed by atoms with van der Waals surface area (Å²) in [4.78, 5) is 23.6. The molecule has 0 unspecified atom stereocenters. The Bertz CT molecular complexity index is 520. The van der Waals surface area contributed by atoms with Crippen LogP contribution in [-0.2, 0) is 6.54 Å². The fraction of sp³-hybridized carbons (Fsp3) is 0.455. The molecule has 2 heterocycles. The smallest absolute Gasteiger partial charge is 0.293 e. The van der Waals surface area contributed by atoms with Gasteiger partial charge in [0, 0.05) is 18.7 Å². The van der Waals surface area contributed by atoms with Crippen molar-refractivity contribution in [1.82, 2.24) is 9.13 Å². The van der Waals surface area contributed by atoms with Gasteiger partial charge in [-0.05, 0) is 26.3 Å². The first kappa shape index (κ1) is 9.96. The van der Waals surface area contributed by atoms with Crippen molar-refractivity contribution < 1.29 is 0 Å². The Hall–Kier alpha value is -1.58. The van der Waals surface area contributed by atoms with Gasteiger partial charge in [0.05, 0.1) is 5.69 Å². The van der Waals surface area contributed by atoms with E-state index in [9.17, 15) is 9.59 Å². The van der Waals surface area contributed by atoms with E-state index in [1.165, 1.54) is 10.6 Å². The van der Waals surface area contributed by atoms with Gasteiger partial charge in [0.1, 0.15) is 0 Å². The number of allylic oxidation sites excluding steroid dienone is 1. The quantitative estimate of drug-likeness (QED) is 0.688. The van der Waals surface area contributed by atoms with Gasteiger partial charge >= 0.3 is 5.69 Å². The van der Waals surface area contributed by atoms with Gasteiger partial charge in [-0.25, -0.2) is 4.79 Å². The number of fused-ring (bicyclic) bond motifs is 1. The lowest BCUT2D eigenvalue weighted by atomic mass is 10.2. The van der Waals surface area contributed by atoms with Gasteiger partial charge < -0.3 is 0 Å². The molecule has 0 radical (unpaired) electrons. The topological polar surface area (TPSA) is 44.0 Å². The van der Waals surface area contributed by atoms with Crippen molar-refractivity contribution in [1.29, 1.82) is 0 Å². The first-order valence-electron chi connectivity index (χ1n) is 5.14. The van der Waals surface area contributed by atoms with Crippen LogP contribution < -0.4 is 11.2 Å². The summed E-state index contributed by atoms with van der Waals surface area (Å²) in [5.41, 5.74) is 0.304. The predicted molar refractivity (Wildman–Crippen MR) is 59.0 cm³/mol. The number of rotatable bonds is 1. The molecule has 0 aromatic carbocycles. The van der Waals surface area contributed by atoms with Crippen LogP contribution in [0.1, 0.15) is 32.0 Å². The molecule has 0 saturated carbocycles. The third-order valence-electron chi connectivity index (χ3n) is 2.58. The molecule has 1 aromatic heterocycles. The zero-order chi connectivity index (χ0) is 11.0. The van der Waals surface area contributed by atoms with Gasteiger partial charge in [-0.2, -0.15) is 0 Å². The Morgan fingerprint density at radius 2 is 2.07 bits per heavy atom. The SMILES string of the molecule is CC(C)n1c(=O)cc2n(c1=O)CCC=C2. The highest BCUT2D eigenvalue weighted by atomic mass is 16.2. The van der Waals surface area contributed by atoms with E-state index in [1.54, 1.807) is 4.57 Å². The van der Waals surface area contributed by atoms with Crippen LogP contribution in [0.15, 0.2) is 21.7 Å². The summed E-state index contributed by atoms with van der Waals surface area (Å²) in [6, 6.07) is 1.44. The summed E-state index contributed by atoms with van der Waals surface area (Å²) in [5.74, 6) is 0. The zero-order valence-electron chi connectivity index (χ0n) is 8.93. The van der Waals surface area contributed by atoms with Crippen LogP contribution in [0, 0.1) is 0 Å². The molecule has 0 N–H and O–H groups in total. The Labute approximate surface area is 87.5 Å². The molecule has 80 valence electrons. The van der Waals surface area contributed by atoms with Gasteiger partial charge in [0.2, 0.25) is 0 Å². The number of hydrogen-bond acceptors (Lipinski definition) is 2. The Morgan fingerprint density at radius 1 is 1.33 bits per heavy atom. The van der Waals surface area contributed by atoms with Crippen molar-refractivity contribution in [3.63, 3.8) is 0 Å². The third kappa shape index (κ3) is 1.56. The van der Waals surface area contributed by atoms with Gasteiger partial charge in [-0.1, -0.05) is 6.08 Å². The molecule has 1 aliphatic heterocycles. The molecule has 0 saturated heterocycles. The van der Waals surface area contributed by atoms with Crippen LogP contribution in [0.25, 0.3) is 6.08 Å². The lowest BCUT2D eigenvalue weighted by molar-refractivity contribution is 0.497. The summed E-state index contributed by atoms with van der Waals surface area (Å²) in [7, 11) is 0. The normalized spacial score (nSPS) is 14.3. The Balaban J connectivity index is 2.77. The molecule has 2 rings (SSSR count). The van der Waals surface area contributed by atoms with Crippen molar-refractivity contribution in [3.05, 3.63) is 38.7 Å². The van der Waals surface area contributed by atoms with E-state index in [4.69, 9.17) is 0 Å². The number of nitrogens with zero attached hydrogens (tertiary/aromatic N) is 2. The summed E-state index contributed by atoms with van der Waals surface area (Å²) in [6.45, 7) is 4.35. The van der Waals surface area contributed by atoms with Gasteiger partial charge in [0.15, 0.2) is 0 Å². The summed E-state index contributed by atoms with van der Waals surface area (Å²) in [5, 5.41) is 0. The maximum absolute atomic E-state index is 12.0. The lowest BCUT2D eigenvalue weighted by Crippen LogP contribution is -2.41. The van der Waals surface area contributed by atoms with E-state index in [2.05, 4.69) is 0 Å². The van der Waals surface area contributed by atoms with Crippen molar-refractivity contribution in [2.45, 2.75) is 32.9 Å². The molecule has 15 heavy (non-hydrogen) atoms. The molecule has 0 atom stereocenters. The van der Waals surface area contributed by atoms with Gasteiger partial charge in [-0.15, -0.1) is 0 Å². The third-order valence-corrected chi connectivity index (χ3v) is 2.58. The Kier molecular flexibility index (Phi) is 2.34. The van der Waals surface area contributed by atoms with E-state index < -0.39 is 0 Å². The first-order valence-corrected chi connectivity index (χ1v) is 5.14. The average Bonchev–Trinajstić information content (AvgIpc) is 2.17. The fourth-order valence-corrected chi connectivity index (χ4v) is 1.85. The van der Waals surface area contributed by atoms with Gasteiger partial charge in [0.25, 0.3) is 5.56 Å². The second kappa shape index (κ2) is 3.53. The standard InChI is InChI=1S/C11H14N2O2/c1-8(2)13-10(14)7-9-5-3-4-6-12(9)11(13)15/h3,5,7-8H,4,6H2,1-2H3. The average molecular weight is 206 g/mol. The number of aromatic nitrogens is 2. The van der Waals surface area contributed by atoms with Crippen molar-refractivity contribution in [2.24, 2.45) is 0 Å². The molecular formula is C11H14N2O2. The molecule has 4 nitrogen and oxygen atoms in total. The highest BCUT2D eigenvalue weighted by molar-refractivity contribution is 5.45. The van der Waals surface area contributed by atoms with Crippen molar-refractivity contribution in [2.75, 3.05) is 0 Å². The minimum atomic E-state index is -0.215. The minimum absolute atomic E-state index is 0.0892. The summed E-state index contributed by atoms with van der Waals surface area (Å²) >= 11 is 0. The molecule has 0 spiro atoms. The van der Waals surface area contributed by atoms with E-state index >= 15 is 0 Å². The molecular weight excluding hydrogens is 192 g/mol. The van der Waals surface area contributed by atoms with Crippen LogP contribution in [0.2, 0.25) is 0 Å². The van der Waals surface area contributed by atoms with E-state index in [1.807, 2.05) is 26.0 Å². The van der Waals surface area contributed by atoms with Crippen LogP contribution >= 0.6 is 0 Å². The van der Waals surface area contributed by atoms with Crippen LogP contribution in [0.3, 0.4) is 0 Å². The highest BCUT2D eigenvalue weighted by Crippen LogP contribution is 2.07. The zero-order valence-corrected chi connectivity index (χ0v) is 8.93. The van der Waals surface area contributed by atoms with Gasteiger partial charge in [-0.3, -0.25) is 13.9 Å². The fourth-order valence-electron chi connectivity index (χ4n) is 1.85. The molecule has 1 aliphatic rings. The number of hydrogen-bond donors (Lipinski definition) is 0.